The fraction of sp³-hybridized carbons (Fsp3) is 0.500. The first-order chi connectivity index (χ1) is 7.69. The Morgan fingerprint density at radius 1 is 1.44 bits per heavy atom. The van der Waals surface area contributed by atoms with Crippen LogP contribution in [0.2, 0.25) is 0 Å². The largest absolute Gasteiger partial charge is 0.496 e. The van der Waals surface area contributed by atoms with Crippen LogP contribution in [0.3, 0.4) is 0 Å². The van der Waals surface area contributed by atoms with E-state index in [0.717, 1.165) is 18.6 Å². The van der Waals surface area contributed by atoms with Gasteiger partial charge in [-0.25, -0.2) is 0 Å². The minimum atomic E-state index is 0.448. The number of nitriles is 1. The molecule has 2 nitrogen and oxygen atoms in total. The first-order valence-corrected chi connectivity index (χ1v) is 5.70. The van der Waals surface area contributed by atoms with E-state index in [1.807, 2.05) is 0 Å². The minimum Gasteiger partial charge on any atom is -0.496 e. The van der Waals surface area contributed by atoms with Gasteiger partial charge in [0, 0.05) is 6.42 Å². The van der Waals surface area contributed by atoms with Gasteiger partial charge in [0.05, 0.1) is 13.2 Å². The van der Waals surface area contributed by atoms with Crippen LogP contribution in [0.5, 0.6) is 5.75 Å². The molecule has 2 heteroatoms. The summed E-state index contributed by atoms with van der Waals surface area (Å²) in [4.78, 5) is 0. The van der Waals surface area contributed by atoms with Gasteiger partial charge in [0.2, 0.25) is 0 Å². The Morgan fingerprint density at radius 2 is 2.19 bits per heavy atom. The van der Waals surface area contributed by atoms with Gasteiger partial charge in [-0.1, -0.05) is 19.1 Å². The summed E-state index contributed by atoms with van der Waals surface area (Å²) in [6, 6.07) is 8.49. The molecule has 0 radical (unpaired) electrons. The van der Waals surface area contributed by atoms with Crippen LogP contribution < -0.4 is 4.74 Å². The lowest BCUT2D eigenvalue weighted by atomic mass is 9.94. The lowest BCUT2D eigenvalue weighted by Crippen LogP contribution is -1.98. The molecule has 86 valence electrons. The van der Waals surface area contributed by atoms with Crippen molar-refractivity contribution >= 4 is 0 Å². The maximum Gasteiger partial charge on any atom is 0.122 e. The van der Waals surface area contributed by atoms with Crippen molar-refractivity contribution < 1.29 is 4.74 Å². The first-order valence-electron chi connectivity index (χ1n) is 5.70. The van der Waals surface area contributed by atoms with E-state index in [0.29, 0.717) is 12.3 Å². The average molecular weight is 217 g/mol. The molecule has 1 aromatic carbocycles. The Balaban J connectivity index is 2.74. The molecule has 0 heterocycles. The fourth-order valence-corrected chi connectivity index (χ4v) is 1.87. The van der Waals surface area contributed by atoms with Crippen molar-refractivity contribution in [2.75, 3.05) is 7.11 Å². The number of ether oxygens (including phenoxy) is 1. The normalized spacial score (nSPS) is 11.9. The number of hydrogen-bond donors (Lipinski definition) is 0. The van der Waals surface area contributed by atoms with Gasteiger partial charge in [0.1, 0.15) is 5.75 Å². The predicted octanol–water partition coefficient (Wildman–Crippen LogP) is 3.80. The van der Waals surface area contributed by atoms with Gasteiger partial charge in [-0.05, 0) is 42.9 Å². The van der Waals surface area contributed by atoms with Crippen LogP contribution in [0, 0.1) is 18.3 Å². The van der Waals surface area contributed by atoms with Crippen LogP contribution >= 0.6 is 0 Å². The van der Waals surface area contributed by atoms with Gasteiger partial charge in [-0.2, -0.15) is 5.26 Å². The van der Waals surface area contributed by atoms with E-state index in [1.54, 1.807) is 7.11 Å². The number of unbranched alkanes of at least 4 members (excludes halogenated alkanes) is 1. The van der Waals surface area contributed by atoms with Gasteiger partial charge >= 0.3 is 0 Å². The molecule has 0 amide bonds. The van der Waals surface area contributed by atoms with E-state index in [4.69, 9.17) is 10.00 Å². The number of rotatable bonds is 5. The van der Waals surface area contributed by atoms with Crippen LogP contribution in [-0.2, 0) is 0 Å². The topological polar surface area (TPSA) is 33.0 Å². The summed E-state index contributed by atoms with van der Waals surface area (Å²) >= 11 is 0. The Morgan fingerprint density at radius 3 is 2.81 bits per heavy atom. The summed E-state index contributed by atoms with van der Waals surface area (Å²) in [5.74, 6) is 1.41. The van der Waals surface area contributed by atoms with Gasteiger partial charge in [-0.15, -0.1) is 0 Å². The third kappa shape index (κ3) is 3.27. The summed E-state index contributed by atoms with van der Waals surface area (Å²) in [5.41, 5.74) is 2.45. The summed E-state index contributed by atoms with van der Waals surface area (Å²) in [7, 11) is 1.71. The SMILES string of the molecule is COc1cc(C)ccc1[C@@H](C)CCCC#N. The maximum absolute atomic E-state index is 8.51. The molecular weight excluding hydrogens is 198 g/mol. The highest BCUT2D eigenvalue weighted by atomic mass is 16.5. The fourth-order valence-electron chi connectivity index (χ4n) is 1.87. The molecule has 0 spiro atoms. The van der Waals surface area contributed by atoms with Crippen molar-refractivity contribution in [2.45, 2.75) is 39.0 Å². The third-order valence-corrected chi connectivity index (χ3v) is 2.85. The van der Waals surface area contributed by atoms with E-state index in [2.05, 4.69) is 38.1 Å². The number of nitrogens with zero attached hydrogens (tertiary/aromatic N) is 1. The van der Waals surface area contributed by atoms with Crippen molar-refractivity contribution in [1.82, 2.24) is 0 Å². The molecule has 0 aromatic heterocycles. The van der Waals surface area contributed by atoms with Crippen LogP contribution in [0.15, 0.2) is 18.2 Å². The first kappa shape index (κ1) is 12.6. The smallest absolute Gasteiger partial charge is 0.122 e. The van der Waals surface area contributed by atoms with E-state index in [1.165, 1.54) is 11.1 Å². The molecule has 0 N–H and O–H groups in total. The van der Waals surface area contributed by atoms with Crippen molar-refractivity contribution in [1.29, 1.82) is 5.26 Å². The standard InChI is InChI=1S/C14H19NO/c1-11-7-8-13(14(10-11)16-3)12(2)6-4-5-9-15/h7-8,10,12H,4-6H2,1-3H3/t12-/m0/s1. The highest BCUT2D eigenvalue weighted by molar-refractivity contribution is 5.39. The Bertz CT molecular complexity index is 379. The zero-order chi connectivity index (χ0) is 12.0. The van der Waals surface area contributed by atoms with Gasteiger partial charge in [0.25, 0.3) is 0 Å². The molecule has 0 fully saturated rings. The van der Waals surface area contributed by atoms with E-state index in [9.17, 15) is 0 Å². The molecule has 0 aliphatic rings. The molecule has 0 unspecified atom stereocenters. The zero-order valence-electron chi connectivity index (χ0n) is 10.3. The van der Waals surface area contributed by atoms with Gasteiger partial charge < -0.3 is 4.74 Å². The molecule has 0 bridgehead atoms. The van der Waals surface area contributed by atoms with Gasteiger partial charge in [-0.3, -0.25) is 0 Å². The van der Waals surface area contributed by atoms with Crippen LogP contribution in [-0.4, -0.2) is 7.11 Å². The summed E-state index contributed by atoms with van der Waals surface area (Å²) in [5, 5.41) is 8.51. The Labute approximate surface area is 97.9 Å². The Kier molecular flexibility index (Phi) is 4.85. The number of hydrogen-bond acceptors (Lipinski definition) is 2. The predicted molar refractivity (Wildman–Crippen MR) is 65.6 cm³/mol. The average Bonchev–Trinajstić information content (AvgIpc) is 2.29. The van der Waals surface area contributed by atoms with Crippen molar-refractivity contribution in [3.63, 3.8) is 0 Å². The molecule has 1 aromatic rings. The van der Waals surface area contributed by atoms with Gasteiger partial charge in [0.15, 0.2) is 0 Å². The summed E-state index contributed by atoms with van der Waals surface area (Å²) in [6.07, 6.45) is 2.63. The van der Waals surface area contributed by atoms with Crippen molar-refractivity contribution in [3.05, 3.63) is 29.3 Å². The second-order valence-corrected chi connectivity index (χ2v) is 4.20. The molecule has 0 aliphatic heterocycles. The van der Waals surface area contributed by atoms with E-state index < -0.39 is 0 Å². The lowest BCUT2D eigenvalue weighted by molar-refractivity contribution is 0.404. The molecule has 1 atom stereocenters. The second-order valence-electron chi connectivity index (χ2n) is 4.20. The van der Waals surface area contributed by atoms with Crippen LogP contribution in [0.4, 0.5) is 0 Å². The summed E-state index contributed by atoms with van der Waals surface area (Å²) < 4.78 is 5.39. The van der Waals surface area contributed by atoms with E-state index in [-0.39, 0.29) is 0 Å². The highest BCUT2D eigenvalue weighted by Crippen LogP contribution is 2.30. The maximum atomic E-state index is 8.51. The lowest BCUT2D eigenvalue weighted by Gasteiger charge is -2.15. The molecule has 16 heavy (non-hydrogen) atoms. The molecule has 0 saturated carbocycles. The Hall–Kier alpha value is -1.49. The quantitative estimate of drug-likeness (QED) is 0.703. The zero-order valence-corrected chi connectivity index (χ0v) is 10.3. The monoisotopic (exact) mass is 217 g/mol. The van der Waals surface area contributed by atoms with Crippen molar-refractivity contribution in [3.8, 4) is 11.8 Å². The van der Waals surface area contributed by atoms with Crippen molar-refractivity contribution in [2.24, 2.45) is 0 Å². The van der Waals surface area contributed by atoms with E-state index >= 15 is 0 Å². The third-order valence-electron chi connectivity index (χ3n) is 2.85. The summed E-state index contributed by atoms with van der Waals surface area (Å²) in [6.45, 7) is 4.25. The highest BCUT2D eigenvalue weighted by Gasteiger charge is 2.10. The molecule has 1 rings (SSSR count). The number of benzene rings is 1. The molecular formula is C14H19NO. The molecule has 0 saturated heterocycles. The van der Waals surface area contributed by atoms with Crippen LogP contribution in [0.1, 0.15) is 43.2 Å². The van der Waals surface area contributed by atoms with Crippen LogP contribution in [0.25, 0.3) is 0 Å². The second kappa shape index (κ2) is 6.17. The number of aryl methyl sites for hydroxylation is 1. The minimum absolute atomic E-state index is 0.448. The molecule has 0 aliphatic carbocycles. The number of methoxy groups -OCH3 is 1.